The van der Waals surface area contributed by atoms with Crippen molar-refractivity contribution in [1.29, 1.82) is 0 Å². The monoisotopic (exact) mass is 443 g/mol. The van der Waals surface area contributed by atoms with E-state index < -0.39 is 0 Å². The molecular formula is C25H21N3O3S. The highest BCUT2D eigenvalue weighted by Gasteiger charge is 2.25. The SMILES string of the molecule is COc1cccc(OC)c1Oc1c(-c2nc3ccccc3s2)c(C)nn1-c1ccccc1. The van der Waals surface area contributed by atoms with Crippen molar-refractivity contribution in [2.75, 3.05) is 14.2 Å². The van der Waals surface area contributed by atoms with Crippen LogP contribution in [0.4, 0.5) is 0 Å². The molecule has 0 atom stereocenters. The van der Waals surface area contributed by atoms with Crippen molar-refractivity contribution in [2.45, 2.75) is 6.92 Å². The lowest BCUT2D eigenvalue weighted by Crippen LogP contribution is -2.02. The number of hydrogen-bond acceptors (Lipinski definition) is 6. The Labute approximate surface area is 189 Å². The molecule has 160 valence electrons. The van der Waals surface area contributed by atoms with Crippen LogP contribution in [0.3, 0.4) is 0 Å². The van der Waals surface area contributed by atoms with Crippen molar-refractivity contribution < 1.29 is 14.2 Å². The van der Waals surface area contributed by atoms with E-state index >= 15 is 0 Å². The molecule has 3 aromatic carbocycles. The van der Waals surface area contributed by atoms with Crippen LogP contribution in [0.2, 0.25) is 0 Å². The topological polar surface area (TPSA) is 58.4 Å². The van der Waals surface area contributed by atoms with E-state index in [-0.39, 0.29) is 0 Å². The number of fused-ring (bicyclic) bond motifs is 1. The summed E-state index contributed by atoms with van der Waals surface area (Å²) in [7, 11) is 3.21. The van der Waals surface area contributed by atoms with Crippen LogP contribution < -0.4 is 14.2 Å². The molecule has 0 saturated carbocycles. The number of ether oxygens (including phenoxy) is 3. The van der Waals surface area contributed by atoms with Gasteiger partial charge in [-0.3, -0.25) is 0 Å². The molecule has 0 amide bonds. The Bertz CT molecular complexity index is 1340. The first-order chi connectivity index (χ1) is 15.7. The van der Waals surface area contributed by atoms with Crippen LogP contribution >= 0.6 is 11.3 Å². The number of para-hydroxylation sites is 3. The first-order valence-electron chi connectivity index (χ1n) is 10.1. The maximum atomic E-state index is 6.53. The van der Waals surface area contributed by atoms with Gasteiger partial charge in [-0.2, -0.15) is 9.78 Å². The quantitative estimate of drug-likeness (QED) is 0.310. The average molecular weight is 444 g/mol. The maximum absolute atomic E-state index is 6.53. The number of nitrogens with zero attached hydrogens (tertiary/aromatic N) is 3. The predicted molar refractivity (Wildman–Crippen MR) is 127 cm³/mol. The molecule has 0 aliphatic carbocycles. The lowest BCUT2D eigenvalue weighted by Gasteiger charge is -2.15. The molecule has 2 aromatic heterocycles. The van der Waals surface area contributed by atoms with Gasteiger partial charge in [0.05, 0.1) is 41.4 Å². The first-order valence-corrected chi connectivity index (χ1v) is 10.9. The third kappa shape index (κ3) is 3.46. The molecule has 0 bridgehead atoms. The van der Waals surface area contributed by atoms with Crippen LogP contribution in [0.15, 0.2) is 72.8 Å². The zero-order chi connectivity index (χ0) is 22.1. The van der Waals surface area contributed by atoms with E-state index in [4.69, 9.17) is 24.3 Å². The van der Waals surface area contributed by atoms with Gasteiger partial charge in [-0.1, -0.05) is 36.4 Å². The third-order valence-corrected chi connectivity index (χ3v) is 6.16. The molecule has 6 nitrogen and oxygen atoms in total. The van der Waals surface area contributed by atoms with E-state index in [1.54, 1.807) is 30.2 Å². The number of hydrogen-bond donors (Lipinski definition) is 0. The van der Waals surface area contributed by atoms with Crippen molar-refractivity contribution in [1.82, 2.24) is 14.8 Å². The largest absolute Gasteiger partial charge is 0.493 e. The zero-order valence-corrected chi connectivity index (χ0v) is 18.7. The van der Waals surface area contributed by atoms with E-state index in [0.29, 0.717) is 23.1 Å². The molecule has 7 heteroatoms. The normalized spacial score (nSPS) is 11.0. The van der Waals surface area contributed by atoms with Gasteiger partial charge in [-0.05, 0) is 43.3 Å². The fourth-order valence-electron chi connectivity index (χ4n) is 3.58. The molecule has 2 heterocycles. The number of thiazole rings is 1. The summed E-state index contributed by atoms with van der Waals surface area (Å²) >= 11 is 1.61. The molecule has 0 saturated heterocycles. The van der Waals surface area contributed by atoms with Gasteiger partial charge in [0.1, 0.15) is 5.01 Å². The first kappa shape index (κ1) is 20.1. The van der Waals surface area contributed by atoms with Crippen molar-refractivity contribution >= 4 is 21.6 Å². The second kappa shape index (κ2) is 8.36. The number of aromatic nitrogens is 3. The van der Waals surface area contributed by atoms with Crippen LogP contribution in [-0.4, -0.2) is 29.0 Å². The smallest absolute Gasteiger partial charge is 0.233 e. The van der Waals surface area contributed by atoms with E-state index in [0.717, 1.165) is 32.2 Å². The standard InChI is InChI=1S/C25H21N3O3S/c1-16-22(24-26-18-12-7-8-15-21(18)32-24)25(28(27-16)17-10-5-4-6-11-17)31-23-19(29-2)13-9-14-20(23)30-3/h4-15H,1-3H3. The summed E-state index contributed by atoms with van der Waals surface area (Å²) in [5, 5.41) is 5.65. The van der Waals surface area contributed by atoms with Gasteiger partial charge >= 0.3 is 0 Å². The molecule has 5 aromatic rings. The summed E-state index contributed by atoms with van der Waals surface area (Å²) in [4.78, 5) is 4.86. The van der Waals surface area contributed by atoms with Crippen LogP contribution in [0.5, 0.6) is 23.1 Å². The Hall–Kier alpha value is -3.84. The van der Waals surface area contributed by atoms with Crippen LogP contribution in [0.25, 0.3) is 26.5 Å². The van der Waals surface area contributed by atoms with Crippen LogP contribution in [0, 0.1) is 6.92 Å². The minimum atomic E-state index is 0.483. The van der Waals surface area contributed by atoms with E-state index in [1.165, 1.54) is 0 Å². The average Bonchev–Trinajstić information content (AvgIpc) is 3.40. The Morgan fingerprint density at radius 1 is 0.812 bits per heavy atom. The van der Waals surface area contributed by atoms with Gasteiger partial charge < -0.3 is 14.2 Å². The minimum Gasteiger partial charge on any atom is -0.493 e. The summed E-state index contributed by atoms with van der Waals surface area (Å²) < 4.78 is 20.5. The van der Waals surface area contributed by atoms with Crippen LogP contribution in [0.1, 0.15) is 5.69 Å². The van der Waals surface area contributed by atoms with E-state index in [9.17, 15) is 0 Å². The van der Waals surface area contributed by atoms with Gasteiger partial charge in [0.25, 0.3) is 0 Å². The lowest BCUT2D eigenvalue weighted by atomic mass is 10.2. The molecule has 32 heavy (non-hydrogen) atoms. The highest BCUT2D eigenvalue weighted by molar-refractivity contribution is 7.21. The third-order valence-electron chi connectivity index (χ3n) is 5.11. The highest BCUT2D eigenvalue weighted by Crippen LogP contribution is 2.45. The number of aryl methyl sites for hydroxylation is 1. The number of benzene rings is 3. The van der Waals surface area contributed by atoms with Gasteiger partial charge in [0.15, 0.2) is 11.5 Å². The molecule has 0 spiro atoms. The summed E-state index contributed by atoms with van der Waals surface area (Å²) in [5.74, 6) is 2.17. The van der Waals surface area contributed by atoms with Gasteiger partial charge in [0, 0.05) is 0 Å². The molecular weight excluding hydrogens is 422 g/mol. The summed E-state index contributed by atoms with van der Waals surface area (Å²) in [6.45, 7) is 1.97. The molecule has 5 rings (SSSR count). The Morgan fingerprint density at radius 3 is 2.19 bits per heavy atom. The summed E-state index contributed by atoms with van der Waals surface area (Å²) in [6, 6.07) is 23.5. The molecule has 0 N–H and O–H groups in total. The fraction of sp³-hybridized carbons (Fsp3) is 0.120. The fourth-order valence-corrected chi connectivity index (χ4v) is 4.64. The van der Waals surface area contributed by atoms with Crippen molar-refractivity contribution in [3.05, 3.63) is 78.5 Å². The van der Waals surface area contributed by atoms with Crippen molar-refractivity contribution in [2.24, 2.45) is 0 Å². The number of rotatable bonds is 6. The van der Waals surface area contributed by atoms with E-state index in [2.05, 4.69) is 6.07 Å². The second-order valence-corrected chi connectivity index (χ2v) is 8.12. The lowest BCUT2D eigenvalue weighted by molar-refractivity contribution is 0.338. The summed E-state index contributed by atoms with van der Waals surface area (Å²) in [5.41, 5.74) is 3.48. The van der Waals surface area contributed by atoms with Crippen LogP contribution in [-0.2, 0) is 0 Å². The maximum Gasteiger partial charge on any atom is 0.233 e. The predicted octanol–water partition coefficient (Wildman–Crippen LogP) is 6.27. The molecule has 0 fully saturated rings. The minimum absolute atomic E-state index is 0.483. The highest BCUT2D eigenvalue weighted by atomic mass is 32.1. The molecule has 0 aliphatic rings. The second-order valence-electron chi connectivity index (χ2n) is 7.09. The van der Waals surface area contributed by atoms with Gasteiger partial charge in [-0.15, -0.1) is 11.3 Å². The van der Waals surface area contributed by atoms with Crippen molar-refractivity contribution in [3.8, 4) is 39.4 Å². The molecule has 0 aliphatic heterocycles. The molecule has 0 unspecified atom stereocenters. The Morgan fingerprint density at radius 2 is 1.50 bits per heavy atom. The van der Waals surface area contributed by atoms with E-state index in [1.807, 2.05) is 73.7 Å². The number of methoxy groups -OCH3 is 2. The van der Waals surface area contributed by atoms with Gasteiger partial charge in [0.2, 0.25) is 11.6 Å². The van der Waals surface area contributed by atoms with Crippen molar-refractivity contribution in [3.63, 3.8) is 0 Å². The Kier molecular flexibility index (Phi) is 5.25. The van der Waals surface area contributed by atoms with Gasteiger partial charge in [-0.25, -0.2) is 4.98 Å². The zero-order valence-electron chi connectivity index (χ0n) is 17.9. The molecule has 0 radical (unpaired) electrons. The Balaban J connectivity index is 1.75. The summed E-state index contributed by atoms with van der Waals surface area (Å²) in [6.07, 6.45) is 0.